The van der Waals surface area contributed by atoms with Crippen molar-refractivity contribution in [3.63, 3.8) is 0 Å². The Morgan fingerprint density at radius 2 is 1.37 bits per heavy atom. The van der Waals surface area contributed by atoms with Crippen molar-refractivity contribution >= 4 is 39.7 Å². The Balaban J connectivity index is 1.54. The maximum absolute atomic E-state index is 12.4. The van der Waals surface area contributed by atoms with Crippen LogP contribution in [0.25, 0.3) is 10.8 Å². The van der Waals surface area contributed by atoms with E-state index in [4.69, 9.17) is 0 Å². The highest BCUT2D eigenvalue weighted by molar-refractivity contribution is 6.02. The Morgan fingerprint density at radius 3 is 2.04 bits per heavy atom. The van der Waals surface area contributed by atoms with E-state index in [0.29, 0.717) is 16.9 Å². The van der Waals surface area contributed by atoms with Crippen molar-refractivity contribution in [2.24, 2.45) is 0 Å². The fraction of sp³-hybridized carbons (Fsp3) is 0.136. The van der Waals surface area contributed by atoms with Gasteiger partial charge in [0.25, 0.3) is 0 Å². The highest BCUT2D eigenvalue weighted by Gasteiger charge is 2.10. The van der Waals surface area contributed by atoms with Gasteiger partial charge in [0, 0.05) is 36.7 Å². The third-order valence-electron chi connectivity index (χ3n) is 4.14. The predicted molar refractivity (Wildman–Crippen MR) is 107 cm³/mol. The number of Topliss-reactive ketones (excluding diaryl/α,β-unsaturated/α-hetero) is 1. The van der Waals surface area contributed by atoms with Crippen LogP contribution in [0.3, 0.4) is 0 Å². The van der Waals surface area contributed by atoms with Crippen LogP contribution in [0.15, 0.2) is 66.7 Å². The topological polar surface area (TPSA) is 75.3 Å². The minimum Gasteiger partial charge on any atom is -0.326 e. The number of nitrogens with one attached hydrogen (secondary N) is 2. The lowest BCUT2D eigenvalue weighted by molar-refractivity contribution is -0.116. The summed E-state index contributed by atoms with van der Waals surface area (Å²) in [7, 11) is 0. The summed E-state index contributed by atoms with van der Waals surface area (Å²) in [4.78, 5) is 35.5. The minimum absolute atomic E-state index is 0.0584. The molecule has 0 aliphatic rings. The molecule has 0 unspecified atom stereocenters. The summed E-state index contributed by atoms with van der Waals surface area (Å²) in [5.41, 5.74) is 1.89. The van der Waals surface area contributed by atoms with E-state index in [1.54, 1.807) is 30.3 Å². The number of hydrogen-bond acceptors (Lipinski definition) is 3. The number of benzene rings is 3. The molecule has 3 aromatic carbocycles. The second-order valence-electron chi connectivity index (χ2n) is 6.29. The van der Waals surface area contributed by atoms with Crippen molar-refractivity contribution in [1.29, 1.82) is 0 Å². The maximum Gasteiger partial charge on any atom is 0.224 e. The summed E-state index contributed by atoms with van der Waals surface area (Å²) in [6.45, 7) is 1.43. The molecule has 5 heteroatoms. The first-order chi connectivity index (χ1) is 13.0. The molecule has 0 aliphatic heterocycles. The van der Waals surface area contributed by atoms with Crippen molar-refractivity contribution in [2.45, 2.75) is 19.8 Å². The van der Waals surface area contributed by atoms with Gasteiger partial charge in [-0.1, -0.05) is 36.4 Å². The number of carbonyl (C=O) groups excluding carboxylic acids is 3. The van der Waals surface area contributed by atoms with Crippen molar-refractivity contribution in [3.05, 3.63) is 72.3 Å². The fourth-order valence-electron chi connectivity index (χ4n) is 2.80. The molecule has 0 aliphatic carbocycles. The van der Waals surface area contributed by atoms with Crippen molar-refractivity contribution in [3.8, 4) is 0 Å². The van der Waals surface area contributed by atoms with E-state index < -0.39 is 0 Å². The number of hydrogen-bond donors (Lipinski definition) is 2. The van der Waals surface area contributed by atoms with E-state index in [1.807, 2.05) is 36.4 Å². The van der Waals surface area contributed by atoms with Gasteiger partial charge in [0.1, 0.15) is 0 Å². The third kappa shape index (κ3) is 5.01. The Hall–Kier alpha value is -3.47. The number of rotatable bonds is 6. The quantitative estimate of drug-likeness (QED) is 0.640. The van der Waals surface area contributed by atoms with E-state index in [2.05, 4.69) is 10.6 Å². The van der Waals surface area contributed by atoms with Crippen LogP contribution in [0.5, 0.6) is 0 Å². The van der Waals surface area contributed by atoms with Crippen molar-refractivity contribution in [1.82, 2.24) is 0 Å². The normalized spacial score (nSPS) is 10.4. The van der Waals surface area contributed by atoms with E-state index in [-0.39, 0.29) is 30.4 Å². The standard InChI is InChI=1S/C22H20N2O3/c1-15(25)23-19-8-10-20(11-9-19)24-22(27)13-12-21(26)18-7-6-16-4-2-3-5-17(16)14-18/h2-11,14H,12-13H2,1H3,(H,23,25)(H,24,27). The summed E-state index contributed by atoms with van der Waals surface area (Å²) in [5, 5.41) is 7.50. The number of amides is 2. The smallest absolute Gasteiger partial charge is 0.224 e. The van der Waals surface area contributed by atoms with Crippen LogP contribution in [-0.2, 0) is 9.59 Å². The molecule has 3 aromatic rings. The Labute approximate surface area is 157 Å². The highest BCUT2D eigenvalue weighted by atomic mass is 16.2. The van der Waals surface area contributed by atoms with Crippen LogP contribution in [0.2, 0.25) is 0 Å². The van der Waals surface area contributed by atoms with E-state index in [9.17, 15) is 14.4 Å². The van der Waals surface area contributed by atoms with Gasteiger partial charge in [0.2, 0.25) is 11.8 Å². The summed E-state index contributed by atoms with van der Waals surface area (Å²) in [6.07, 6.45) is 0.257. The molecule has 0 saturated heterocycles. The Kier molecular flexibility index (Phi) is 5.61. The predicted octanol–water partition coefficient (Wildman–Crippen LogP) is 4.40. The van der Waals surface area contributed by atoms with Crippen LogP contribution in [0.1, 0.15) is 30.1 Å². The monoisotopic (exact) mass is 360 g/mol. The zero-order valence-electron chi connectivity index (χ0n) is 15.0. The SMILES string of the molecule is CC(=O)Nc1ccc(NC(=O)CCC(=O)c2ccc3ccccc3c2)cc1. The molecule has 5 nitrogen and oxygen atoms in total. The molecule has 0 radical (unpaired) electrons. The number of ketones is 1. The van der Waals surface area contributed by atoms with Gasteiger partial charge in [-0.2, -0.15) is 0 Å². The number of carbonyl (C=O) groups is 3. The lowest BCUT2D eigenvalue weighted by atomic mass is 10.0. The molecule has 3 rings (SSSR count). The van der Waals surface area contributed by atoms with Crippen LogP contribution in [0.4, 0.5) is 11.4 Å². The first-order valence-electron chi connectivity index (χ1n) is 8.71. The Morgan fingerprint density at radius 1 is 0.741 bits per heavy atom. The second kappa shape index (κ2) is 8.27. The first kappa shape index (κ1) is 18.3. The van der Waals surface area contributed by atoms with E-state index >= 15 is 0 Å². The zero-order valence-corrected chi connectivity index (χ0v) is 15.0. The van der Waals surface area contributed by atoms with Gasteiger partial charge in [0.05, 0.1) is 0 Å². The number of anilines is 2. The van der Waals surface area contributed by atoms with Crippen molar-refractivity contribution < 1.29 is 14.4 Å². The molecule has 0 fully saturated rings. The van der Waals surface area contributed by atoms with Gasteiger partial charge in [-0.05, 0) is 41.1 Å². The lowest BCUT2D eigenvalue weighted by Gasteiger charge is -2.07. The minimum atomic E-state index is -0.226. The van der Waals surface area contributed by atoms with Gasteiger partial charge in [-0.25, -0.2) is 0 Å². The summed E-state index contributed by atoms with van der Waals surface area (Å²) in [6, 6.07) is 20.2. The van der Waals surface area contributed by atoms with E-state index in [1.165, 1.54) is 6.92 Å². The molecule has 2 amide bonds. The number of fused-ring (bicyclic) bond motifs is 1. The highest BCUT2D eigenvalue weighted by Crippen LogP contribution is 2.18. The second-order valence-corrected chi connectivity index (χ2v) is 6.29. The molecule has 0 spiro atoms. The molecule has 136 valence electrons. The van der Waals surface area contributed by atoms with Crippen LogP contribution < -0.4 is 10.6 Å². The van der Waals surface area contributed by atoms with Gasteiger partial charge >= 0.3 is 0 Å². The summed E-state index contributed by atoms with van der Waals surface area (Å²) in [5.74, 6) is -0.438. The van der Waals surface area contributed by atoms with Gasteiger partial charge in [-0.15, -0.1) is 0 Å². The third-order valence-corrected chi connectivity index (χ3v) is 4.14. The van der Waals surface area contributed by atoms with E-state index in [0.717, 1.165) is 10.8 Å². The van der Waals surface area contributed by atoms with Gasteiger partial charge < -0.3 is 10.6 Å². The van der Waals surface area contributed by atoms with Gasteiger partial charge in [-0.3, -0.25) is 14.4 Å². The van der Waals surface area contributed by atoms with Crippen LogP contribution in [0, 0.1) is 0 Å². The fourth-order valence-corrected chi connectivity index (χ4v) is 2.80. The van der Waals surface area contributed by atoms with Crippen LogP contribution in [-0.4, -0.2) is 17.6 Å². The Bertz CT molecular complexity index is 994. The van der Waals surface area contributed by atoms with Crippen molar-refractivity contribution in [2.75, 3.05) is 10.6 Å². The summed E-state index contributed by atoms with van der Waals surface area (Å²) < 4.78 is 0. The molecule has 27 heavy (non-hydrogen) atoms. The lowest BCUT2D eigenvalue weighted by Crippen LogP contribution is -2.13. The first-order valence-corrected chi connectivity index (χ1v) is 8.71. The average molecular weight is 360 g/mol. The van der Waals surface area contributed by atoms with Gasteiger partial charge in [0.15, 0.2) is 5.78 Å². The zero-order chi connectivity index (χ0) is 19.2. The molecular weight excluding hydrogens is 340 g/mol. The molecule has 0 aromatic heterocycles. The van der Waals surface area contributed by atoms with Crippen LogP contribution >= 0.6 is 0 Å². The largest absolute Gasteiger partial charge is 0.326 e. The molecule has 0 atom stereocenters. The molecular formula is C22H20N2O3. The maximum atomic E-state index is 12.4. The average Bonchev–Trinajstić information content (AvgIpc) is 2.67. The molecule has 2 N–H and O–H groups in total. The summed E-state index contributed by atoms with van der Waals surface area (Å²) >= 11 is 0. The molecule has 0 heterocycles. The molecule has 0 bridgehead atoms. The molecule has 0 saturated carbocycles.